The Morgan fingerprint density at radius 1 is 1.35 bits per heavy atom. The lowest BCUT2D eigenvalue weighted by atomic mass is 9.88. The van der Waals surface area contributed by atoms with Crippen molar-refractivity contribution in [2.75, 3.05) is 20.2 Å². The molecule has 2 unspecified atom stereocenters. The standard InChI is InChI=1S/C17H28N2O/c1-3-5-17(18)15-6-4-11-19(13-15)12-14-7-9-16(20-2)10-8-14/h7-10,15,17H,3-6,11-13,18H2,1-2H3. The predicted octanol–water partition coefficient (Wildman–Crippen LogP) is 3.03. The van der Waals surface area contributed by atoms with Gasteiger partial charge in [-0.05, 0) is 49.4 Å². The summed E-state index contributed by atoms with van der Waals surface area (Å²) in [4.78, 5) is 2.55. The number of rotatable bonds is 6. The molecule has 3 nitrogen and oxygen atoms in total. The van der Waals surface area contributed by atoms with E-state index in [0.29, 0.717) is 12.0 Å². The summed E-state index contributed by atoms with van der Waals surface area (Å²) in [6, 6.07) is 8.78. The van der Waals surface area contributed by atoms with Crippen LogP contribution in [0.25, 0.3) is 0 Å². The smallest absolute Gasteiger partial charge is 0.118 e. The average molecular weight is 276 g/mol. The summed E-state index contributed by atoms with van der Waals surface area (Å²) in [5, 5.41) is 0. The van der Waals surface area contributed by atoms with Crippen LogP contribution >= 0.6 is 0 Å². The third kappa shape index (κ3) is 4.22. The van der Waals surface area contributed by atoms with Crippen LogP contribution in [0.1, 0.15) is 38.2 Å². The molecule has 2 rings (SSSR count). The Labute approximate surface area is 123 Å². The third-order valence-electron chi connectivity index (χ3n) is 4.33. The Morgan fingerprint density at radius 3 is 2.75 bits per heavy atom. The van der Waals surface area contributed by atoms with E-state index in [4.69, 9.17) is 10.5 Å². The van der Waals surface area contributed by atoms with Gasteiger partial charge in [-0.2, -0.15) is 0 Å². The Morgan fingerprint density at radius 2 is 2.10 bits per heavy atom. The maximum absolute atomic E-state index is 6.31. The fourth-order valence-corrected chi connectivity index (χ4v) is 3.14. The molecule has 3 heteroatoms. The minimum atomic E-state index is 0.374. The molecule has 1 aliphatic rings. The summed E-state index contributed by atoms with van der Waals surface area (Å²) in [5.41, 5.74) is 7.67. The fourth-order valence-electron chi connectivity index (χ4n) is 3.14. The van der Waals surface area contributed by atoms with Gasteiger partial charge in [0.25, 0.3) is 0 Å². The number of hydrogen-bond acceptors (Lipinski definition) is 3. The minimum Gasteiger partial charge on any atom is -0.497 e. The quantitative estimate of drug-likeness (QED) is 0.868. The van der Waals surface area contributed by atoms with E-state index in [-0.39, 0.29) is 0 Å². The van der Waals surface area contributed by atoms with Crippen molar-refractivity contribution >= 4 is 0 Å². The van der Waals surface area contributed by atoms with Gasteiger partial charge < -0.3 is 10.5 Å². The van der Waals surface area contributed by atoms with Gasteiger partial charge in [-0.3, -0.25) is 4.90 Å². The molecule has 1 aromatic carbocycles. The molecule has 1 saturated heterocycles. The SMILES string of the molecule is CCCC(N)C1CCCN(Cc2ccc(OC)cc2)C1. The van der Waals surface area contributed by atoms with Crippen LogP contribution in [0.15, 0.2) is 24.3 Å². The summed E-state index contributed by atoms with van der Waals surface area (Å²) in [6.07, 6.45) is 4.91. The highest BCUT2D eigenvalue weighted by Gasteiger charge is 2.24. The van der Waals surface area contributed by atoms with Crippen molar-refractivity contribution in [1.82, 2.24) is 4.90 Å². The largest absolute Gasteiger partial charge is 0.497 e. The van der Waals surface area contributed by atoms with E-state index in [9.17, 15) is 0 Å². The molecule has 2 N–H and O–H groups in total. The number of nitrogens with zero attached hydrogens (tertiary/aromatic N) is 1. The van der Waals surface area contributed by atoms with Crippen LogP contribution in [0.5, 0.6) is 5.75 Å². The van der Waals surface area contributed by atoms with Crippen molar-refractivity contribution in [2.24, 2.45) is 11.7 Å². The Kier molecular flexibility index (Phi) is 5.86. The molecular weight excluding hydrogens is 248 g/mol. The van der Waals surface area contributed by atoms with Gasteiger partial charge in [0.05, 0.1) is 7.11 Å². The second-order valence-corrected chi connectivity index (χ2v) is 5.94. The van der Waals surface area contributed by atoms with Gasteiger partial charge in [-0.25, -0.2) is 0 Å². The summed E-state index contributed by atoms with van der Waals surface area (Å²) in [5.74, 6) is 1.59. The highest BCUT2D eigenvalue weighted by molar-refractivity contribution is 5.27. The Hall–Kier alpha value is -1.06. The van der Waals surface area contributed by atoms with Gasteiger partial charge >= 0.3 is 0 Å². The first-order valence-electron chi connectivity index (χ1n) is 7.83. The zero-order valence-corrected chi connectivity index (χ0v) is 12.8. The number of nitrogens with two attached hydrogens (primary N) is 1. The molecule has 112 valence electrons. The molecule has 1 aliphatic heterocycles. The molecule has 0 aromatic heterocycles. The molecule has 0 bridgehead atoms. The van der Waals surface area contributed by atoms with Crippen LogP contribution in [0.4, 0.5) is 0 Å². The second kappa shape index (κ2) is 7.65. The lowest BCUT2D eigenvalue weighted by molar-refractivity contribution is 0.148. The number of benzene rings is 1. The third-order valence-corrected chi connectivity index (χ3v) is 4.33. The first-order chi connectivity index (χ1) is 9.72. The lowest BCUT2D eigenvalue weighted by Gasteiger charge is -2.35. The molecule has 0 saturated carbocycles. The van der Waals surface area contributed by atoms with Crippen LogP contribution < -0.4 is 10.5 Å². The first kappa shape index (κ1) is 15.3. The molecule has 0 amide bonds. The van der Waals surface area contributed by atoms with E-state index in [0.717, 1.165) is 25.3 Å². The molecule has 0 aliphatic carbocycles. The highest BCUT2D eigenvalue weighted by Crippen LogP contribution is 2.23. The topological polar surface area (TPSA) is 38.5 Å². The number of ether oxygens (including phenoxy) is 1. The van der Waals surface area contributed by atoms with Crippen molar-refractivity contribution in [3.05, 3.63) is 29.8 Å². The molecule has 1 heterocycles. The first-order valence-corrected chi connectivity index (χ1v) is 7.83. The molecular formula is C17H28N2O. The van der Waals surface area contributed by atoms with Gasteiger partial charge in [0.1, 0.15) is 5.75 Å². The van der Waals surface area contributed by atoms with Gasteiger partial charge in [-0.1, -0.05) is 25.5 Å². The lowest BCUT2D eigenvalue weighted by Crippen LogP contribution is -2.43. The zero-order chi connectivity index (χ0) is 14.4. The van der Waals surface area contributed by atoms with E-state index in [2.05, 4.69) is 24.0 Å². The van der Waals surface area contributed by atoms with E-state index in [1.807, 2.05) is 12.1 Å². The molecule has 2 atom stereocenters. The van der Waals surface area contributed by atoms with Crippen molar-refractivity contribution in [3.63, 3.8) is 0 Å². The van der Waals surface area contributed by atoms with Gasteiger partial charge in [0, 0.05) is 19.1 Å². The number of piperidine rings is 1. The van der Waals surface area contributed by atoms with Crippen molar-refractivity contribution in [2.45, 2.75) is 45.2 Å². The Bertz CT molecular complexity index is 390. The minimum absolute atomic E-state index is 0.374. The zero-order valence-electron chi connectivity index (χ0n) is 12.8. The van der Waals surface area contributed by atoms with Gasteiger partial charge in [0.2, 0.25) is 0 Å². The van der Waals surface area contributed by atoms with Crippen molar-refractivity contribution in [3.8, 4) is 5.75 Å². The van der Waals surface area contributed by atoms with Crippen LogP contribution in [-0.2, 0) is 6.54 Å². The molecule has 1 fully saturated rings. The average Bonchev–Trinajstić information content (AvgIpc) is 2.48. The molecule has 20 heavy (non-hydrogen) atoms. The predicted molar refractivity (Wildman–Crippen MR) is 83.9 cm³/mol. The summed E-state index contributed by atoms with van der Waals surface area (Å²) < 4.78 is 5.20. The van der Waals surface area contributed by atoms with Gasteiger partial charge in [-0.15, -0.1) is 0 Å². The van der Waals surface area contributed by atoms with Crippen LogP contribution in [0, 0.1) is 5.92 Å². The fraction of sp³-hybridized carbons (Fsp3) is 0.647. The molecule has 0 spiro atoms. The van der Waals surface area contributed by atoms with E-state index in [1.165, 1.54) is 31.4 Å². The van der Waals surface area contributed by atoms with Crippen LogP contribution in [0.2, 0.25) is 0 Å². The van der Waals surface area contributed by atoms with E-state index in [1.54, 1.807) is 7.11 Å². The summed E-state index contributed by atoms with van der Waals surface area (Å²) in [7, 11) is 1.71. The van der Waals surface area contributed by atoms with Crippen molar-refractivity contribution in [1.29, 1.82) is 0 Å². The normalized spacial score (nSPS) is 21.6. The van der Waals surface area contributed by atoms with Gasteiger partial charge in [0.15, 0.2) is 0 Å². The maximum Gasteiger partial charge on any atom is 0.118 e. The van der Waals surface area contributed by atoms with Crippen LogP contribution in [-0.4, -0.2) is 31.1 Å². The molecule has 1 aromatic rings. The Balaban J connectivity index is 1.88. The monoisotopic (exact) mass is 276 g/mol. The number of hydrogen-bond donors (Lipinski definition) is 1. The number of likely N-dealkylation sites (tertiary alicyclic amines) is 1. The van der Waals surface area contributed by atoms with E-state index < -0.39 is 0 Å². The summed E-state index contributed by atoms with van der Waals surface area (Å²) >= 11 is 0. The van der Waals surface area contributed by atoms with Crippen molar-refractivity contribution < 1.29 is 4.74 Å². The highest BCUT2D eigenvalue weighted by atomic mass is 16.5. The van der Waals surface area contributed by atoms with E-state index >= 15 is 0 Å². The number of methoxy groups -OCH3 is 1. The second-order valence-electron chi connectivity index (χ2n) is 5.94. The molecule has 0 radical (unpaired) electrons. The van der Waals surface area contributed by atoms with Crippen LogP contribution in [0.3, 0.4) is 0 Å². The summed E-state index contributed by atoms with van der Waals surface area (Å²) in [6.45, 7) is 5.59. The maximum atomic E-state index is 6.31.